The van der Waals surface area contributed by atoms with Gasteiger partial charge in [0, 0.05) is 13.1 Å². The largest absolute Gasteiger partial charge is 0.370 e. The van der Waals surface area contributed by atoms with Crippen LogP contribution in [-0.2, 0) is 4.74 Å². The van der Waals surface area contributed by atoms with Crippen molar-refractivity contribution in [2.75, 3.05) is 19.7 Å². The first-order chi connectivity index (χ1) is 11.3. The van der Waals surface area contributed by atoms with E-state index in [1.807, 2.05) is 36.4 Å². The van der Waals surface area contributed by atoms with Gasteiger partial charge >= 0.3 is 0 Å². The minimum absolute atomic E-state index is 0.0349. The summed E-state index contributed by atoms with van der Waals surface area (Å²) >= 11 is 0. The smallest absolute Gasteiger partial charge is 0.189 e. The highest BCUT2D eigenvalue weighted by atomic mass is 16.5. The maximum absolute atomic E-state index is 8.89. The topological polar surface area (TPSA) is 88.3 Å². The molecule has 1 saturated heterocycles. The average molecular weight is 309 g/mol. The van der Waals surface area contributed by atoms with Crippen molar-refractivity contribution < 1.29 is 4.74 Å². The minimum Gasteiger partial charge on any atom is -0.370 e. The molecule has 0 amide bonds. The fourth-order valence-corrected chi connectivity index (χ4v) is 2.70. The summed E-state index contributed by atoms with van der Waals surface area (Å²) in [7, 11) is 0. The van der Waals surface area contributed by atoms with Crippen LogP contribution in [0.5, 0.6) is 0 Å². The van der Waals surface area contributed by atoms with Crippen LogP contribution in [-0.4, -0.2) is 41.4 Å². The molecule has 3 aliphatic rings. The van der Waals surface area contributed by atoms with Gasteiger partial charge in [-0.05, 0) is 29.8 Å². The van der Waals surface area contributed by atoms with Gasteiger partial charge in [-0.2, -0.15) is 10.4 Å². The molecule has 2 N–H and O–H groups in total. The molecule has 1 aromatic rings. The van der Waals surface area contributed by atoms with E-state index in [2.05, 4.69) is 32.2 Å². The summed E-state index contributed by atoms with van der Waals surface area (Å²) in [6, 6.07) is 9.66. The first-order valence-electron chi connectivity index (χ1n) is 7.35. The van der Waals surface area contributed by atoms with Gasteiger partial charge < -0.3 is 9.64 Å². The molecule has 0 saturated carbocycles. The Morgan fingerprint density at radius 1 is 1.22 bits per heavy atom. The minimum atomic E-state index is -0.0349. The molecule has 0 aliphatic carbocycles. The Kier molecular flexibility index (Phi) is 3.42. The average Bonchev–Trinajstić information content (AvgIpc) is 3.09. The van der Waals surface area contributed by atoms with E-state index in [-0.39, 0.29) is 6.10 Å². The standard InChI is InChI=1S/C15H15N7O/c16-9-11-1-3-12(4-2-11)13-10-21(7-8-23-13)15-6-5-14-17-19-20-22(14)18-15/h1-6,13,19-20H,7-8,10H2. The van der Waals surface area contributed by atoms with E-state index < -0.39 is 0 Å². The van der Waals surface area contributed by atoms with Crippen LogP contribution < -0.4 is 11.1 Å². The SMILES string of the molecule is N#Cc1ccc(C2CN(C3=NN4NNN=C4C=C3)CCO2)cc1. The van der Waals surface area contributed by atoms with E-state index in [0.29, 0.717) is 18.7 Å². The van der Waals surface area contributed by atoms with Crippen molar-refractivity contribution in [2.24, 2.45) is 10.2 Å². The molecule has 0 spiro atoms. The maximum atomic E-state index is 8.89. The summed E-state index contributed by atoms with van der Waals surface area (Å²) < 4.78 is 5.88. The lowest BCUT2D eigenvalue weighted by atomic mass is 10.1. The number of hydrogen-bond acceptors (Lipinski definition) is 8. The van der Waals surface area contributed by atoms with Gasteiger partial charge in [0.25, 0.3) is 0 Å². The zero-order chi connectivity index (χ0) is 15.6. The van der Waals surface area contributed by atoms with Gasteiger partial charge in [0.1, 0.15) is 6.10 Å². The number of fused-ring (bicyclic) bond motifs is 1. The van der Waals surface area contributed by atoms with Crippen molar-refractivity contribution in [3.05, 3.63) is 47.5 Å². The third-order valence-electron chi connectivity index (χ3n) is 3.93. The molecular formula is C15H15N7O. The quantitative estimate of drug-likeness (QED) is 0.783. The molecule has 1 atom stereocenters. The monoisotopic (exact) mass is 309 g/mol. The number of hydrogen-bond donors (Lipinski definition) is 2. The number of nitriles is 1. The van der Waals surface area contributed by atoms with Crippen molar-refractivity contribution >= 4 is 11.7 Å². The molecule has 1 aromatic carbocycles. The molecule has 23 heavy (non-hydrogen) atoms. The summed E-state index contributed by atoms with van der Waals surface area (Å²) in [4.78, 5) is 2.18. The Balaban J connectivity index is 1.50. The molecule has 0 aromatic heterocycles. The Hall–Kier alpha value is -2.89. The third-order valence-corrected chi connectivity index (χ3v) is 3.93. The number of morpholine rings is 1. The molecule has 4 rings (SSSR count). The second kappa shape index (κ2) is 5.72. The summed E-state index contributed by atoms with van der Waals surface area (Å²) in [6.07, 6.45) is 3.82. The number of hydrazine groups is 2. The fraction of sp³-hybridized carbons (Fsp3) is 0.267. The summed E-state index contributed by atoms with van der Waals surface area (Å²) in [5.74, 6) is 1.59. The Morgan fingerprint density at radius 3 is 2.87 bits per heavy atom. The number of hydrazone groups is 2. The van der Waals surface area contributed by atoms with Gasteiger partial charge in [-0.25, -0.2) is 5.53 Å². The highest BCUT2D eigenvalue weighted by molar-refractivity contribution is 6.05. The summed E-state index contributed by atoms with van der Waals surface area (Å²) in [5.41, 5.74) is 7.22. The number of nitrogens with one attached hydrogen (secondary N) is 2. The van der Waals surface area contributed by atoms with Crippen LogP contribution in [0.1, 0.15) is 17.2 Å². The van der Waals surface area contributed by atoms with Crippen LogP contribution in [0, 0.1) is 11.3 Å². The lowest BCUT2D eigenvalue weighted by Gasteiger charge is -2.35. The highest BCUT2D eigenvalue weighted by Gasteiger charge is 2.26. The van der Waals surface area contributed by atoms with E-state index in [1.54, 1.807) is 5.12 Å². The van der Waals surface area contributed by atoms with Crippen LogP contribution in [0.25, 0.3) is 0 Å². The van der Waals surface area contributed by atoms with Gasteiger partial charge in [0.05, 0.1) is 18.2 Å². The van der Waals surface area contributed by atoms with Gasteiger partial charge in [0.2, 0.25) is 0 Å². The Bertz CT molecular complexity index is 731. The zero-order valence-corrected chi connectivity index (χ0v) is 12.3. The molecule has 0 radical (unpaired) electrons. The number of ether oxygens (including phenoxy) is 1. The third kappa shape index (κ3) is 2.63. The lowest BCUT2D eigenvalue weighted by Crippen LogP contribution is -2.46. The van der Waals surface area contributed by atoms with Crippen molar-refractivity contribution in [3.8, 4) is 6.07 Å². The van der Waals surface area contributed by atoms with Gasteiger partial charge in [0.15, 0.2) is 11.7 Å². The number of benzene rings is 1. The molecule has 1 fully saturated rings. The number of rotatable bonds is 1. The van der Waals surface area contributed by atoms with Gasteiger partial charge in [-0.1, -0.05) is 12.1 Å². The molecule has 0 bridgehead atoms. The van der Waals surface area contributed by atoms with E-state index in [4.69, 9.17) is 10.00 Å². The van der Waals surface area contributed by atoms with Gasteiger partial charge in [-0.15, -0.1) is 15.7 Å². The molecule has 3 heterocycles. The Labute approximate surface area is 133 Å². The lowest BCUT2D eigenvalue weighted by molar-refractivity contribution is -0.00711. The van der Waals surface area contributed by atoms with Crippen LogP contribution in [0.15, 0.2) is 46.6 Å². The van der Waals surface area contributed by atoms with Crippen molar-refractivity contribution in [3.63, 3.8) is 0 Å². The van der Waals surface area contributed by atoms with E-state index in [1.165, 1.54) is 0 Å². The van der Waals surface area contributed by atoms with E-state index in [9.17, 15) is 0 Å². The van der Waals surface area contributed by atoms with Crippen LogP contribution in [0.4, 0.5) is 0 Å². The van der Waals surface area contributed by atoms with Crippen molar-refractivity contribution in [1.82, 2.24) is 21.1 Å². The summed E-state index contributed by atoms with van der Waals surface area (Å²) in [6.45, 7) is 2.12. The van der Waals surface area contributed by atoms with E-state index >= 15 is 0 Å². The first-order valence-corrected chi connectivity index (χ1v) is 7.35. The molecule has 1 unspecified atom stereocenters. The summed E-state index contributed by atoms with van der Waals surface area (Å²) in [5, 5.41) is 19.0. The van der Waals surface area contributed by atoms with Crippen molar-refractivity contribution in [1.29, 1.82) is 5.26 Å². The van der Waals surface area contributed by atoms with Crippen LogP contribution in [0.2, 0.25) is 0 Å². The molecular weight excluding hydrogens is 294 g/mol. The highest BCUT2D eigenvalue weighted by Crippen LogP contribution is 2.23. The van der Waals surface area contributed by atoms with Crippen LogP contribution >= 0.6 is 0 Å². The number of amidine groups is 2. The molecule has 8 nitrogen and oxygen atoms in total. The Morgan fingerprint density at radius 2 is 2.04 bits per heavy atom. The van der Waals surface area contributed by atoms with Crippen molar-refractivity contribution in [2.45, 2.75) is 6.10 Å². The predicted octanol–water partition coefficient (Wildman–Crippen LogP) is 0.453. The molecule has 116 valence electrons. The molecule has 8 heteroatoms. The fourth-order valence-electron chi connectivity index (χ4n) is 2.70. The maximum Gasteiger partial charge on any atom is 0.189 e. The zero-order valence-electron chi connectivity index (χ0n) is 12.3. The second-order valence-corrected chi connectivity index (χ2v) is 5.34. The first kappa shape index (κ1) is 13.8. The second-order valence-electron chi connectivity index (χ2n) is 5.34. The van der Waals surface area contributed by atoms with E-state index in [0.717, 1.165) is 23.8 Å². The number of nitrogens with zero attached hydrogens (tertiary/aromatic N) is 5. The molecule has 3 aliphatic heterocycles. The normalized spacial score (nSPS) is 22.8. The predicted molar refractivity (Wildman–Crippen MR) is 83.5 cm³/mol. The van der Waals surface area contributed by atoms with Gasteiger partial charge in [-0.3, -0.25) is 0 Å². The van der Waals surface area contributed by atoms with Crippen LogP contribution in [0.3, 0.4) is 0 Å².